The van der Waals surface area contributed by atoms with Gasteiger partial charge in [0.25, 0.3) is 0 Å². The van der Waals surface area contributed by atoms with Gasteiger partial charge in [0, 0.05) is 12.7 Å². The van der Waals surface area contributed by atoms with E-state index in [1.54, 1.807) is 11.0 Å². The van der Waals surface area contributed by atoms with Gasteiger partial charge in [-0.25, -0.2) is 4.79 Å². The first-order valence-corrected chi connectivity index (χ1v) is 5.66. The summed E-state index contributed by atoms with van der Waals surface area (Å²) in [7, 11) is 1.28. The minimum Gasteiger partial charge on any atom is -0.467 e. The van der Waals surface area contributed by atoms with Gasteiger partial charge in [0.15, 0.2) is 6.10 Å². The Labute approximate surface area is 109 Å². The number of methoxy groups -OCH3 is 1. The molecule has 1 saturated heterocycles. The third-order valence-corrected chi connectivity index (χ3v) is 2.85. The SMILES string of the molecule is COC(=O)C1CN(c2ccncc2[N+](=O)[O-])CCO1. The fraction of sp³-hybridized carbons (Fsp3) is 0.455. The van der Waals surface area contributed by atoms with Crippen LogP contribution in [-0.4, -0.2) is 48.8 Å². The van der Waals surface area contributed by atoms with Crippen molar-refractivity contribution in [3.05, 3.63) is 28.6 Å². The van der Waals surface area contributed by atoms with Gasteiger partial charge in [-0.05, 0) is 6.07 Å². The predicted octanol–water partition coefficient (Wildman–Crippen LogP) is 0.368. The molecule has 0 saturated carbocycles. The summed E-state index contributed by atoms with van der Waals surface area (Å²) >= 11 is 0. The van der Waals surface area contributed by atoms with E-state index >= 15 is 0 Å². The number of ether oxygens (including phenoxy) is 2. The van der Waals surface area contributed by atoms with E-state index in [1.165, 1.54) is 19.5 Å². The molecule has 0 radical (unpaired) electrons. The van der Waals surface area contributed by atoms with Crippen LogP contribution in [0.4, 0.5) is 11.4 Å². The number of nitrogens with zero attached hydrogens (tertiary/aromatic N) is 3. The molecule has 8 nitrogen and oxygen atoms in total. The number of rotatable bonds is 3. The Balaban J connectivity index is 2.22. The molecule has 1 aromatic rings. The van der Waals surface area contributed by atoms with E-state index in [1.807, 2.05) is 0 Å². The van der Waals surface area contributed by atoms with Crippen LogP contribution in [0, 0.1) is 10.1 Å². The Kier molecular flexibility index (Phi) is 3.91. The zero-order valence-electron chi connectivity index (χ0n) is 10.3. The van der Waals surface area contributed by atoms with Crippen LogP contribution in [0.25, 0.3) is 0 Å². The van der Waals surface area contributed by atoms with Crippen LogP contribution in [0.5, 0.6) is 0 Å². The topological polar surface area (TPSA) is 94.8 Å². The van der Waals surface area contributed by atoms with Crippen LogP contribution in [-0.2, 0) is 14.3 Å². The van der Waals surface area contributed by atoms with E-state index < -0.39 is 17.0 Å². The molecular weight excluding hydrogens is 254 g/mol. The van der Waals surface area contributed by atoms with Crippen molar-refractivity contribution in [1.82, 2.24) is 4.98 Å². The highest BCUT2D eigenvalue weighted by molar-refractivity contribution is 5.76. The smallest absolute Gasteiger partial charge is 0.336 e. The lowest BCUT2D eigenvalue weighted by Crippen LogP contribution is -2.46. The zero-order chi connectivity index (χ0) is 13.8. The third-order valence-electron chi connectivity index (χ3n) is 2.85. The first kappa shape index (κ1) is 13.2. The summed E-state index contributed by atoms with van der Waals surface area (Å²) in [5.74, 6) is -0.485. The quantitative estimate of drug-likeness (QED) is 0.443. The first-order chi connectivity index (χ1) is 9.13. The maximum Gasteiger partial charge on any atom is 0.336 e. The van der Waals surface area contributed by atoms with Crippen LogP contribution in [0.3, 0.4) is 0 Å². The summed E-state index contributed by atoms with van der Waals surface area (Å²) in [6.45, 7) is 0.995. The highest BCUT2D eigenvalue weighted by Crippen LogP contribution is 2.28. The average Bonchev–Trinajstić information content (AvgIpc) is 2.46. The number of anilines is 1. The molecule has 0 N–H and O–H groups in total. The van der Waals surface area contributed by atoms with E-state index in [9.17, 15) is 14.9 Å². The molecule has 0 aliphatic carbocycles. The molecule has 1 atom stereocenters. The van der Waals surface area contributed by atoms with Crippen molar-refractivity contribution in [2.75, 3.05) is 31.7 Å². The molecule has 2 rings (SSSR count). The standard InChI is InChI=1S/C11H13N3O5/c1-18-11(15)10-7-13(4-5-19-10)8-2-3-12-6-9(8)14(16)17/h2-3,6,10H,4-5,7H2,1H3. The van der Waals surface area contributed by atoms with Crippen molar-refractivity contribution in [1.29, 1.82) is 0 Å². The van der Waals surface area contributed by atoms with E-state index in [2.05, 4.69) is 9.72 Å². The van der Waals surface area contributed by atoms with E-state index in [-0.39, 0.29) is 12.2 Å². The molecule has 0 bridgehead atoms. The number of morpholine rings is 1. The van der Waals surface area contributed by atoms with Crippen LogP contribution < -0.4 is 4.90 Å². The summed E-state index contributed by atoms with van der Waals surface area (Å²) in [6.07, 6.45) is 1.94. The molecule has 1 fully saturated rings. The van der Waals surface area contributed by atoms with E-state index in [0.29, 0.717) is 18.8 Å². The van der Waals surface area contributed by atoms with Crippen LogP contribution >= 0.6 is 0 Å². The number of aromatic nitrogens is 1. The molecule has 8 heteroatoms. The second kappa shape index (κ2) is 5.61. The summed E-state index contributed by atoms with van der Waals surface area (Å²) in [4.78, 5) is 27.4. The van der Waals surface area contributed by atoms with E-state index in [4.69, 9.17) is 4.74 Å². The fourth-order valence-electron chi connectivity index (χ4n) is 1.93. The van der Waals surface area contributed by atoms with Crippen molar-refractivity contribution in [3.8, 4) is 0 Å². The summed E-state index contributed by atoms with van der Waals surface area (Å²) < 4.78 is 9.90. The van der Waals surface area contributed by atoms with Crippen molar-refractivity contribution in [3.63, 3.8) is 0 Å². The maximum atomic E-state index is 11.4. The largest absolute Gasteiger partial charge is 0.467 e. The highest BCUT2D eigenvalue weighted by atomic mass is 16.6. The van der Waals surface area contributed by atoms with Crippen LogP contribution in [0.2, 0.25) is 0 Å². The zero-order valence-corrected chi connectivity index (χ0v) is 10.3. The predicted molar refractivity (Wildman–Crippen MR) is 64.9 cm³/mol. The highest BCUT2D eigenvalue weighted by Gasteiger charge is 2.30. The summed E-state index contributed by atoms with van der Waals surface area (Å²) in [5.41, 5.74) is 0.338. The molecule has 1 aliphatic rings. The van der Waals surface area contributed by atoms with Gasteiger partial charge in [-0.15, -0.1) is 0 Å². The van der Waals surface area contributed by atoms with Gasteiger partial charge in [-0.1, -0.05) is 0 Å². The van der Waals surface area contributed by atoms with Gasteiger partial charge in [0.2, 0.25) is 0 Å². The molecule has 2 heterocycles. The van der Waals surface area contributed by atoms with Crippen molar-refractivity contribution in [2.45, 2.75) is 6.10 Å². The second-order valence-corrected chi connectivity index (χ2v) is 3.95. The lowest BCUT2D eigenvalue weighted by atomic mass is 10.2. The Bertz CT molecular complexity index is 493. The van der Waals surface area contributed by atoms with Crippen molar-refractivity contribution >= 4 is 17.3 Å². The Morgan fingerprint density at radius 3 is 3.16 bits per heavy atom. The lowest BCUT2D eigenvalue weighted by Gasteiger charge is -2.32. The number of carbonyl (C=O) groups excluding carboxylic acids is 1. The number of nitro groups is 1. The Morgan fingerprint density at radius 2 is 2.47 bits per heavy atom. The van der Waals surface area contributed by atoms with Gasteiger partial charge in [0.05, 0.1) is 25.2 Å². The average molecular weight is 267 g/mol. The van der Waals surface area contributed by atoms with Crippen molar-refractivity contribution < 1.29 is 19.2 Å². The maximum absolute atomic E-state index is 11.4. The number of esters is 1. The van der Waals surface area contributed by atoms with Gasteiger partial charge in [-0.2, -0.15) is 0 Å². The molecule has 0 spiro atoms. The molecule has 1 unspecified atom stereocenters. The summed E-state index contributed by atoms with van der Waals surface area (Å²) in [6, 6.07) is 1.55. The molecular formula is C11H13N3O5. The molecule has 0 amide bonds. The fourth-order valence-corrected chi connectivity index (χ4v) is 1.93. The molecule has 1 aromatic heterocycles. The molecule has 0 aromatic carbocycles. The minimum atomic E-state index is -0.730. The molecule has 19 heavy (non-hydrogen) atoms. The molecule has 102 valence electrons. The Hall–Kier alpha value is -2.22. The number of carbonyl (C=O) groups is 1. The van der Waals surface area contributed by atoms with Gasteiger partial charge in [-0.3, -0.25) is 15.1 Å². The second-order valence-electron chi connectivity index (χ2n) is 3.95. The molecule has 1 aliphatic heterocycles. The monoisotopic (exact) mass is 267 g/mol. The van der Waals surface area contributed by atoms with Gasteiger partial charge in [0.1, 0.15) is 11.9 Å². The van der Waals surface area contributed by atoms with Crippen LogP contribution in [0.1, 0.15) is 0 Å². The Morgan fingerprint density at radius 1 is 1.68 bits per heavy atom. The lowest BCUT2D eigenvalue weighted by molar-refractivity contribution is -0.384. The van der Waals surface area contributed by atoms with E-state index in [0.717, 1.165) is 0 Å². The number of pyridine rings is 1. The third kappa shape index (κ3) is 2.79. The normalized spacial score (nSPS) is 19.0. The number of hydrogen-bond acceptors (Lipinski definition) is 7. The van der Waals surface area contributed by atoms with Crippen molar-refractivity contribution in [2.24, 2.45) is 0 Å². The van der Waals surface area contributed by atoms with Crippen LogP contribution in [0.15, 0.2) is 18.5 Å². The minimum absolute atomic E-state index is 0.0898. The van der Waals surface area contributed by atoms with Gasteiger partial charge >= 0.3 is 11.7 Å². The summed E-state index contributed by atoms with van der Waals surface area (Å²) in [5, 5.41) is 11.0. The van der Waals surface area contributed by atoms with Gasteiger partial charge < -0.3 is 14.4 Å². The first-order valence-electron chi connectivity index (χ1n) is 5.66. The number of hydrogen-bond donors (Lipinski definition) is 0.